The van der Waals surface area contributed by atoms with Crippen LogP contribution in [0.4, 0.5) is 61.5 Å². The molecular formula is C85H86Cl3F14N7O38S2. The van der Waals surface area contributed by atoms with Crippen LogP contribution in [0, 0.1) is 23.7 Å². The van der Waals surface area contributed by atoms with Gasteiger partial charge in [0.25, 0.3) is 29.5 Å². The summed E-state index contributed by atoms with van der Waals surface area (Å²) in [5, 5.41) is 148. The number of piperazine rings is 3. The first-order valence-corrected chi connectivity index (χ1v) is 45.3. The zero-order valence-corrected chi connectivity index (χ0v) is 79.2. The van der Waals surface area contributed by atoms with E-state index in [-0.39, 0.29) is 114 Å². The second-order valence-corrected chi connectivity index (χ2v) is 34.9. The van der Waals surface area contributed by atoms with Crippen molar-refractivity contribution in [3.63, 3.8) is 0 Å². The van der Waals surface area contributed by atoms with Crippen LogP contribution in [-0.4, -0.2) is 372 Å². The molecule has 2 bridgehead atoms. The minimum absolute atomic E-state index is 0.0343. The van der Waals surface area contributed by atoms with Gasteiger partial charge in [-0.05, 0) is 111 Å². The van der Waals surface area contributed by atoms with Gasteiger partial charge >= 0.3 is 137 Å². The summed E-state index contributed by atoms with van der Waals surface area (Å²) in [6, 6.07) is 14.0. The zero-order valence-electron chi connectivity index (χ0n) is 75.3. The van der Waals surface area contributed by atoms with E-state index in [2.05, 4.69) is 16.0 Å². The van der Waals surface area contributed by atoms with Crippen molar-refractivity contribution in [2.75, 3.05) is 55.9 Å². The number of ketones is 1. The standard InChI is InChI=1S/3C13H13ClN2O5.C12H9NO6.C11H18O5.C9H2F14O4.C9H10O4.C5H8O4S2/c14-8-3-1-7(2-4-8)11(17)16-6-5-15-9(12(18)19)10(16)13(20)21;14-8-3-1-2-7(6-8)11(17)16-5-4-15-9(12(18)19)10(16)13(20)21;14-8-4-2-1-3-7(8)11(17)16-6-5-15-9(12(18)19)10(16)13(20)21;14-9(15)5-8(12(18)19)13-10(16)6-3-1-2-4-7(6)11(13)17;12-9(5-1-3-7-10(13)14)6-2-4-8-11(15)16;10-3(11,1(24)25)5(14,15)7(18,19)9(22,23)8(20,21)6(16,17)4(12,13)2(26)27;10-8(11)6-4-1-2-5(3-4)7(6)9(12)13;6-4(7)1-10-3-11-2-5(8)9/h1-4,9-10,15H,5-6H2,(H,18,19)(H,20,21);1-3,6,9-10,15H,4-5H2,(H,18,19)(H,20,21);1-4,9-10,15H,5-6H2,(H,18,19)(H,20,21);1-4,8H,5H2,(H,14,15)(H,18,19);1-8H2,(H,13,14)(H,15,16);(H,24,25)(H,26,27);1-2,4-7H,3H2,(H,10,11)(H,12,13);1-3H2,(H,6,7)(H,8,9)/t;;;;;;4-,5+,6-,7-;/m......1./s1. The van der Waals surface area contributed by atoms with E-state index in [0.29, 0.717) is 65.0 Å². The van der Waals surface area contributed by atoms with Crippen LogP contribution in [0.2, 0.25) is 15.1 Å². The Bertz CT molecular complexity index is 5510. The van der Waals surface area contributed by atoms with Crippen LogP contribution in [0.15, 0.2) is 109 Å². The van der Waals surface area contributed by atoms with Crippen LogP contribution in [0.1, 0.15) is 116 Å². The highest BCUT2D eigenvalue weighted by molar-refractivity contribution is 8.16. The molecule has 3 saturated heterocycles. The number of benzene rings is 4. The molecule has 64 heteroatoms. The Morgan fingerprint density at radius 2 is 0.711 bits per heavy atom. The molecule has 19 N–H and O–H groups in total. The van der Waals surface area contributed by atoms with Crippen LogP contribution >= 0.6 is 58.3 Å². The fourth-order valence-corrected chi connectivity index (χ4v) is 16.2. The summed E-state index contributed by atoms with van der Waals surface area (Å²) >= 11 is 19.9. The number of aliphatic carboxylic acids is 16. The number of carboxylic acid groups (broad SMARTS) is 16. The van der Waals surface area contributed by atoms with Gasteiger partial charge in [0.15, 0.2) is 18.1 Å². The number of rotatable bonds is 39. The van der Waals surface area contributed by atoms with Gasteiger partial charge in [0, 0.05) is 91.2 Å². The molecule has 4 aromatic carbocycles. The molecule has 4 aromatic rings. The molecule has 7 unspecified atom stereocenters. The SMILES string of the molecule is O=C(O)C(F)(F)C(F)(F)C(F)(F)C(F)(F)C(F)(F)C(F)(F)C(F)(F)C(=O)O.O=C(O)C1NCCN(C(=O)c2ccc(Cl)cc2)C1C(=O)O.O=C(O)C1NCCN(C(=O)c2cccc(Cl)c2)C1C(=O)O.O=C(O)C1NCCN(C(=O)c2ccccc2Cl)C1C(=O)O.O=C(O)CC(C(=O)O)N1C(=O)c2ccccc2C1=O.O=C(O)CCCCC(=O)CCCCC(=O)O.O=C(O)CSCSCC(=O)O.O=C(O)[C@H]1[C@H](C(=O)O)[C@H]2C=C[C@@H]1C2. The Morgan fingerprint density at radius 3 is 1.03 bits per heavy atom. The van der Waals surface area contributed by atoms with E-state index in [9.17, 15) is 182 Å². The summed E-state index contributed by atoms with van der Waals surface area (Å²) in [6.45, 7) is 0.906. The zero-order chi connectivity index (χ0) is 114. The molecule has 5 amide bonds. The van der Waals surface area contributed by atoms with Crippen LogP contribution in [0.3, 0.4) is 0 Å². The first-order valence-electron chi connectivity index (χ1n) is 41.8. The van der Waals surface area contributed by atoms with Gasteiger partial charge in [0.2, 0.25) is 0 Å². The van der Waals surface area contributed by atoms with Crippen LogP contribution < -0.4 is 16.0 Å². The van der Waals surface area contributed by atoms with Gasteiger partial charge in [-0.2, -0.15) is 61.5 Å². The summed E-state index contributed by atoms with van der Waals surface area (Å²) < 4.78 is 180. The second-order valence-electron chi connectivity index (χ2n) is 31.3. The van der Waals surface area contributed by atoms with E-state index in [1.807, 2.05) is 12.2 Å². The molecular weight excluding hydrogens is 2160 g/mol. The average molecular weight is 2250 g/mol. The molecule has 0 radical (unpaired) electrons. The van der Waals surface area contributed by atoms with Gasteiger partial charge in [-0.15, -0.1) is 23.5 Å². The quantitative estimate of drug-likeness (QED) is 0.00668. The number of unbranched alkanes of at least 4 members (excludes halogenated alkanes) is 2. The third-order valence-corrected chi connectivity index (χ3v) is 24.3. The number of fused-ring (bicyclic) bond motifs is 3. The van der Waals surface area contributed by atoms with Crippen molar-refractivity contribution in [3.8, 4) is 0 Å². The Labute approximate surface area is 849 Å². The number of imide groups is 1. The monoisotopic (exact) mass is 2250 g/mol. The number of hydrogen-bond donors (Lipinski definition) is 19. The lowest BCUT2D eigenvalue weighted by molar-refractivity contribution is -0.435. The summed E-state index contributed by atoms with van der Waals surface area (Å²) in [4.78, 5) is 247. The molecule has 2 aliphatic carbocycles. The number of carboxylic acids is 16. The molecule has 820 valence electrons. The lowest BCUT2D eigenvalue weighted by atomic mass is 9.83. The fourth-order valence-electron chi connectivity index (χ4n) is 14.2. The van der Waals surface area contributed by atoms with Crippen molar-refractivity contribution in [2.24, 2.45) is 23.7 Å². The molecule has 1 saturated carbocycles. The highest BCUT2D eigenvalue weighted by atomic mass is 35.5. The molecule has 149 heavy (non-hydrogen) atoms. The number of hydrogen-bond acceptors (Lipinski definition) is 27. The lowest BCUT2D eigenvalue weighted by Gasteiger charge is -2.41. The van der Waals surface area contributed by atoms with Crippen LogP contribution in [-0.2, 0) is 81.5 Å². The van der Waals surface area contributed by atoms with Crippen molar-refractivity contribution >= 4 is 189 Å². The van der Waals surface area contributed by atoms with Gasteiger partial charge in [-0.1, -0.05) is 77.3 Å². The third kappa shape index (κ3) is 33.7. The van der Waals surface area contributed by atoms with Crippen molar-refractivity contribution in [3.05, 3.63) is 152 Å². The highest BCUT2D eigenvalue weighted by Crippen LogP contribution is 2.62. The summed E-state index contributed by atoms with van der Waals surface area (Å²) in [5.41, 5.74) is 0.807. The number of thioether (sulfide) groups is 2. The van der Waals surface area contributed by atoms with Gasteiger partial charge in [0.1, 0.15) is 30.0 Å². The maximum atomic E-state index is 13.0. The second kappa shape index (κ2) is 56.3. The Morgan fingerprint density at radius 1 is 0.369 bits per heavy atom. The maximum Gasteiger partial charge on any atom is 0.410 e. The maximum absolute atomic E-state index is 13.0. The number of halogens is 17. The van der Waals surface area contributed by atoms with Gasteiger partial charge < -0.3 is 112 Å². The lowest BCUT2D eigenvalue weighted by Crippen LogP contribution is -2.74. The first-order chi connectivity index (χ1) is 68.8. The van der Waals surface area contributed by atoms with E-state index in [0.717, 1.165) is 14.7 Å². The largest absolute Gasteiger partial charge is 0.481 e. The van der Waals surface area contributed by atoms with E-state index < -0.39 is 227 Å². The summed E-state index contributed by atoms with van der Waals surface area (Å²) in [5.74, 6) is -85.6. The van der Waals surface area contributed by atoms with Gasteiger partial charge in [-0.25, -0.2) is 28.8 Å². The Balaban J connectivity index is 0.000000442. The molecule has 0 spiro atoms. The summed E-state index contributed by atoms with van der Waals surface area (Å²) in [6.07, 6.45) is 6.79. The average Bonchev–Trinajstić information content (AvgIpc) is 1.50. The number of nitrogens with zero attached hydrogens (tertiary/aromatic N) is 4. The third-order valence-electron chi connectivity index (χ3n) is 21.2. The normalized spacial score (nSPS) is 19.4. The first kappa shape index (κ1) is 129. The Kier molecular flexibility index (Phi) is 48.7. The van der Waals surface area contributed by atoms with Crippen molar-refractivity contribution in [1.82, 2.24) is 35.6 Å². The molecule has 10 rings (SSSR count). The predicted molar refractivity (Wildman–Crippen MR) is 476 cm³/mol. The van der Waals surface area contributed by atoms with Gasteiger partial charge in [-0.3, -0.25) is 81.6 Å². The summed E-state index contributed by atoms with van der Waals surface area (Å²) in [7, 11) is 0. The molecule has 4 fully saturated rings. The van der Waals surface area contributed by atoms with Gasteiger partial charge in [0.05, 0.1) is 51.5 Å². The molecule has 4 heterocycles. The van der Waals surface area contributed by atoms with E-state index in [4.69, 9.17) is 101 Å². The molecule has 0 aromatic heterocycles. The minimum Gasteiger partial charge on any atom is -0.481 e. The molecule has 45 nitrogen and oxygen atoms in total. The number of Topliss-reactive ketones (excluding diaryl/α,β-unsaturated/α-hetero) is 1. The van der Waals surface area contributed by atoms with Crippen molar-refractivity contribution < 1.29 is 249 Å². The number of allylic oxidation sites excluding steroid dienone is 2. The smallest absolute Gasteiger partial charge is 0.410 e. The van der Waals surface area contributed by atoms with Crippen molar-refractivity contribution in [1.29, 1.82) is 0 Å². The van der Waals surface area contributed by atoms with E-state index in [1.54, 1.807) is 36.4 Å². The van der Waals surface area contributed by atoms with E-state index in [1.165, 1.54) is 84.2 Å². The molecule has 11 atom stereocenters. The van der Waals surface area contributed by atoms with Crippen molar-refractivity contribution in [2.45, 2.75) is 148 Å². The number of carbonyl (C=O) groups excluding carboxylic acids is 6. The molecule has 4 aliphatic heterocycles. The molecule has 6 aliphatic rings. The topological polar surface area (TPSA) is 748 Å². The van der Waals surface area contributed by atoms with Crippen LogP contribution in [0.5, 0.6) is 0 Å². The predicted octanol–water partition coefficient (Wildman–Crippen LogP) is 7.71. The minimum atomic E-state index is -8.51. The fraction of sp³-hybridized carbons (Fsp3) is 0.435. The Hall–Kier alpha value is -14.2. The van der Waals surface area contributed by atoms with Crippen LogP contribution in [0.25, 0.3) is 0 Å². The highest BCUT2D eigenvalue weighted by Gasteiger charge is 2.94. The number of nitrogens with one attached hydrogen (secondary N) is 3. The number of amides is 5. The number of alkyl halides is 14. The number of carbonyl (C=O) groups is 22. The van der Waals surface area contributed by atoms with E-state index >= 15 is 0 Å².